The highest BCUT2D eigenvalue weighted by Gasteiger charge is 1.85. The molecule has 0 aliphatic carbocycles. The molecule has 0 aromatic carbocycles. The quantitative estimate of drug-likeness (QED) is 0.430. The summed E-state index contributed by atoms with van der Waals surface area (Å²) in [6, 6.07) is 0. The zero-order valence-corrected chi connectivity index (χ0v) is 4.15. The van der Waals surface area contributed by atoms with E-state index in [1.807, 2.05) is 6.21 Å². The van der Waals surface area contributed by atoms with E-state index in [9.17, 15) is 0 Å². The molecule has 0 spiro atoms. The molecular formula is C4H9N3. The molecule has 0 unspecified atom stereocenters. The Hall–Kier alpha value is -0.570. The van der Waals surface area contributed by atoms with E-state index in [1.54, 1.807) is 0 Å². The van der Waals surface area contributed by atoms with Gasteiger partial charge in [-0.15, -0.1) is 0 Å². The minimum atomic E-state index is 0.802. The lowest BCUT2D eigenvalue weighted by molar-refractivity contribution is 0.634. The molecule has 0 atom stereocenters. The van der Waals surface area contributed by atoms with E-state index in [4.69, 9.17) is 0 Å². The van der Waals surface area contributed by atoms with Gasteiger partial charge in [0.05, 0.1) is 6.67 Å². The molecule has 1 heterocycles. The van der Waals surface area contributed by atoms with Crippen LogP contribution < -0.4 is 10.7 Å². The van der Waals surface area contributed by atoms with E-state index in [0.717, 1.165) is 19.6 Å². The van der Waals surface area contributed by atoms with Crippen LogP contribution in [0.4, 0.5) is 0 Å². The normalized spacial score (nSPS) is 20.6. The number of hydrogen-bond acceptors (Lipinski definition) is 3. The van der Waals surface area contributed by atoms with Crippen molar-refractivity contribution in [3.8, 4) is 0 Å². The van der Waals surface area contributed by atoms with Crippen LogP contribution in [-0.2, 0) is 0 Å². The summed E-state index contributed by atoms with van der Waals surface area (Å²) in [5.74, 6) is 0. The van der Waals surface area contributed by atoms with Crippen LogP contribution >= 0.6 is 0 Å². The fourth-order valence-corrected chi connectivity index (χ4v) is 0.486. The first-order chi connectivity index (χ1) is 3.50. The van der Waals surface area contributed by atoms with Gasteiger partial charge in [0.1, 0.15) is 0 Å². The van der Waals surface area contributed by atoms with Crippen molar-refractivity contribution < 1.29 is 0 Å². The average molecular weight is 99.1 g/mol. The first-order valence-corrected chi connectivity index (χ1v) is 2.45. The summed E-state index contributed by atoms with van der Waals surface area (Å²) in [4.78, 5) is 0. The predicted octanol–water partition coefficient (Wildman–Crippen LogP) is -0.487. The van der Waals surface area contributed by atoms with Crippen LogP contribution in [0.5, 0.6) is 0 Å². The largest absolute Gasteiger partial charge is 0.298 e. The maximum absolute atomic E-state index is 3.83. The molecule has 7 heavy (non-hydrogen) atoms. The van der Waals surface area contributed by atoms with Gasteiger partial charge < -0.3 is 0 Å². The van der Waals surface area contributed by atoms with E-state index in [0.29, 0.717) is 0 Å². The minimum absolute atomic E-state index is 0.802. The van der Waals surface area contributed by atoms with Crippen LogP contribution in [0.3, 0.4) is 0 Å². The third-order valence-corrected chi connectivity index (χ3v) is 0.837. The van der Waals surface area contributed by atoms with Crippen molar-refractivity contribution in [1.29, 1.82) is 0 Å². The lowest BCUT2D eigenvalue weighted by Gasteiger charge is -1.93. The highest BCUT2D eigenvalue weighted by atomic mass is 15.3. The minimum Gasteiger partial charge on any atom is -0.298 e. The predicted molar refractivity (Wildman–Crippen MR) is 29.1 cm³/mol. The monoisotopic (exact) mass is 99.1 g/mol. The Morgan fingerprint density at radius 2 is 2.57 bits per heavy atom. The highest BCUT2D eigenvalue weighted by Crippen LogP contribution is 1.72. The molecule has 0 radical (unpaired) electrons. The van der Waals surface area contributed by atoms with Gasteiger partial charge in [0.2, 0.25) is 0 Å². The summed E-state index contributed by atoms with van der Waals surface area (Å²) in [6.45, 7) is 1.84. The fraction of sp³-hybridized carbons (Fsp3) is 0.750. The molecule has 3 nitrogen and oxygen atoms in total. The van der Waals surface area contributed by atoms with Gasteiger partial charge >= 0.3 is 0 Å². The van der Waals surface area contributed by atoms with E-state index in [1.165, 1.54) is 0 Å². The first-order valence-electron chi connectivity index (χ1n) is 2.45. The molecule has 0 saturated carbocycles. The second-order valence-electron chi connectivity index (χ2n) is 1.44. The van der Waals surface area contributed by atoms with Gasteiger partial charge in [0.25, 0.3) is 0 Å². The standard InChI is InChI=1S/C4H9N3/c1-2-5-4-7-6-3-1/h3,5,7H,1-2,4H2. The van der Waals surface area contributed by atoms with Crippen LogP contribution in [0.15, 0.2) is 5.10 Å². The number of nitrogens with zero attached hydrogens (tertiary/aromatic N) is 1. The Balaban J connectivity index is 2.20. The molecule has 0 bridgehead atoms. The summed E-state index contributed by atoms with van der Waals surface area (Å²) >= 11 is 0. The summed E-state index contributed by atoms with van der Waals surface area (Å²) in [6.07, 6.45) is 2.91. The Labute approximate surface area is 42.8 Å². The van der Waals surface area contributed by atoms with E-state index < -0.39 is 0 Å². The maximum atomic E-state index is 3.83. The second-order valence-corrected chi connectivity index (χ2v) is 1.44. The fourth-order valence-electron chi connectivity index (χ4n) is 0.486. The molecule has 1 rings (SSSR count). The SMILES string of the molecule is C1=NNCNCC1. The van der Waals surface area contributed by atoms with Crippen molar-refractivity contribution in [3.05, 3.63) is 0 Å². The number of rotatable bonds is 0. The van der Waals surface area contributed by atoms with Crippen molar-refractivity contribution in [2.75, 3.05) is 13.2 Å². The Morgan fingerprint density at radius 1 is 1.57 bits per heavy atom. The van der Waals surface area contributed by atoms with E-state index in [-0.39, 0.29) is 0 Å². The second kappa shape index (κ2) is 2.58. The van der Waals surface area contributed by atoms with Crippen LogP contribution in [0.2, 0.25) is 0 Å². The zero-order valence-electron chi connectivity index (χ0n) is 4.15. The van der Waals surface area contributed by atoms with Gasteiger partial charge in [0.15, 0.2) is 0 Å². The highest BCUT2D eigenvalue weighted by molar-refractivity contribution is 5.57. The molecule has 1 aliphatic rings. The average Bonchev–Trinajstić information content (AvgIpc) is 1.90. The van der Waals surface area contributed by atoms with Crippen molar-refractivity contribution in [1.82, 2.24) is 10.7 Å². The molecule has 0 aromatic heterocycles. The van der Waals surface area contributed by atoms with Crippen LogP contribution in [0.1, 0.15) is 6.42 Å². The molecular weight excluding hydrogens is 90.1 g/mol. The van der Waals surface area contributed by atoms with E-state index >= 15 is 0 Å². The third-order valence-electron chi connectivity index (χ3n) is 0.837. The third kappa shape index (κ3) is 1.55. The molecule has 2 N–H and O–H groups in total. The Bertz CT molecular complexity index is 61.3. The summed E-state index contributed by atoms with van der Waals surface area (Å²) in [7, 11) is 0. The van der Waals surface area contributed by atoms with Gasteiger partial charge in [-0.3, -0.25) is 10.7 Å². The molecule has 1 aliphatic heterocycles. The zero-order chi connectivity index (χ0) is 4.95. The van der Waals surface area contributed by atoms with Gasteiger partial charge in [0, 0.05) is 12.8 Å². The number of hydrazone groups is 1. The van der Waals surface area contributed by atoms with Gasteiger partial charge in [-0.1, -0.05) is 0 Å². The van der Waals surface area contributed by atoms with E-state index in [2.05, 4.69) is 15.8 Å². The van der Waals surface area contributed by atoms with Crippen LogP contribution in [0, 0.1) is 0 Å². The Morgan fingerprint density at radius 3 is 3.57 bits per heavy atom. The van der Waals surface area contributed by atoms with Crippen molar-refractivity contribution >= 4 is 6.21 Å². The first kappa shape index (κ1) is 4.59. The number of nitrogens with one attached hydrogen (secondary N) is 2. The molecule has 40 valence electrons. The summed E-state index contributed by atoms with van der Waals surface area (Å²) in [5.41, 5.74) is 2.81. The van der Waals surface area contributed by atoms with Crippen molar-refractivity contribution in [2.24, 2.45) is 5.10 Å². The molecule has 0 fully saturated rings. The summed E-state index contributed by atoms with van der Waals surface area (Å²) in [5, 5.41) is 6.94. The molecule has 0 aromatic rings. The maximum Gasteiger partial charge on any atom is 0.0823 e. The van der Waals surface area contributed by atoms with Gasteiger partial charge in [-0.2, -0.15) is 5.10 Å². The van der Waals surface area contributed by atoms with Crippen LogP contribution in [0.25, 0.3) is 0 Å². The molecule has 3 heteroatoms. The topological polar surface area (TPSA) is 36.4 Å². The van der Waals surface area contributed by atoms with Gasteiger partial charge in [-0.05, 0) is 6.42 Å². The van der Waals surface area contributed by atoms with Gasteiger partial charge in [-0.25, -0.2) is 0 Å². The van der Waals surface area contributed by atoms with Crippen molar-refractivity contribution in [3.63, 3.8) is 0 Å². The smallest absolute Gasteiger partial charge is 0.0823 e. The Kier molecular flexibility index (Phi) is 1.69. The van der Waals surface area contributed by atoms with Crippen LogP contribution in [-0.4, -0.2) is 19.4 Å². The molecule has 0 saturated heterocycles. The summed E-state index contributed by atoms with van der Waals surface area (Å²) < 4.78 is 0. The van der Waals surface area contributed by atoms with Crippen molar-refractivity contribution in [2.45, 2.75) is 6.42 Å². The molecule has 0 amide bonds. The lowest BCUT2D eigenvalue weighted by Crippen LogP contribution is -2.23. The number of hydrogen-bond donors (Lipinski definition) is 2. The lowest BCUT2D eigenvalue weighted by atomic mass is 10.5.